The van der Waals surface area contributed by atoms with E-state index in [0.717, 1.165) is 17.2 Å². The molecule has 0 aliphatic heterocycles. The monoisotopic (exact) mass is 187 g/mol. The lowest BCUT2D eigenvalue weighted by Crippen LogP contribution is -1.94. The lowest BCUT2D eigenvalue weighted by Gasteiger charge is -2.02. The van der Waals surface area contributed by atoms with E-state index in [2.05, 4.69) is 35.3 Å². The van der Waals surface area contributed by atoms with Gasteiger partial charge in [0.05, 0.1) is 0 Å². The van der Waals surface area contributed by atoms with Crippen LogP contribution in [0.5, 0.6) is 0 Å². The van der Waals surface area contributed by atoms with Crippen molar-refractivity contribution in [2.75, 3.05) is 0 Å². The van der Waals surface area contributed by atoms with Crippen LogP contribution in [0.2, 0.25) is 0 Å². The largest absolute Gasteiger partial charge is 0.314 e. The third-order valence-electron chi connectivity index (χ3n) is 2.37. The SMILES string of the molecule is Cc1cccc(-c2nnc(C)n2C)c1. The number of aromatic nitrogens is 3. The lowest BCUT2D eigenvalue weighted by molar-refractivity contribution is 0.865. The molecule has 14 heavy (non-hydrogen) atoms. The molecule has 0 bridgehead atoms. The Morgan fingerprint density at radius 2 is 1.93 bits per heavy atom. The fraction of sp³-hybridized carbons (Fsp3) is 0.273. The van der Waals surface area contributed by atoms with Crippen molar-refractivity contribution in [3.63, 3.8) is 0 Å². The molecule has 3 nitrogen and oxygen atoms in total. The standard InChI is InChI=1S/C11H13N3/c1-8-5-4-6-10(7-8)11-13-12-9(2)14(11)3/h4-7H,1-3H3. The minimum absolute atomic E-state index is 0.922. The van der Waals surface area contributed by atoms with E-state index in [-0.39, 0.29) is 0 Å². The van der Waals surface area contributed by atoms with Crippen LogP contribution in [0.3, 0.4) is 0 Å². The molecule has 1 heterocycles. The molecule has 0 amide bonds. The Morgan fingerprint density at radius 1 is 1.14 bits per heavy atom. The topological polar surface area (TPSA) is 30.7 Å². The van der Waals surface area contributed by atoms with Gasteiger partial charge in [-0.2, -0.15) is 0 Å². The van der Waals surface area contributed by atoms with Gasteiger partial charge in [0, 0.05) is 12.6 Å². The molecule has 0 fully saturated rings. The van der Waals surface area contributed by atoms with Crippen LogP contribution in [-0.4, -0.2) is 14.8 Å². The molecule has 2 rings (SSSR count). The van der Waals surface area contributed by atoms with Crippen molar-refractivity contribution < 1.29 is 0 Å². The van der Waals surface area contributed by atoms with Crippen LogP contribution >= 0.6 is 0 Å². The highest BCUT2D eigenvalue weighted by atomic mass is 15.3. The third kappa shape index (κ3) is 1.41. The van der Waals surface area contributed by atoms with E-state index in [1.165, 1.54) is 5.56 Å². The van der Waals surface area contributed by atoms with Crippen molar-refractivity contribution in [3.05, 3.63) is 35.7 Å². The normalized spacial score (nSPS) is 10.5. The van der Waals surface area contributed by atoms with Gasteiger partial charge in [0.15, 0.2) is 5.82 Å². The summed E-state index contributed by atoms with van der Waals surface area (Å²) in [6.45, 7) is 4.03. The summed E-state index contributed by atoms with van der Waals surface area (Å²) in [6, 6.07) is 8.28. The van der Waals surface area contributed by atoms with Crippen LogP contribution < -0.4 is 0 Å². The zero-order valence-corrected chi connectivity index (χ0v) is 8.65. The predicted octanol–water partition coefficient (Wildman–Crippen LogP) is 2.10. The zero-order chi connectivity index (χ0) is 10.1. The highest BCUT2D eigenvalue weighted by Crippen LogP contribution is 2.17. The second-order valence-electron chi connectivity index (χ2n) is 3.50. The average molecular weight is 187 g/mol. The van der Waals surface area contributed by atoms with Gasteiger partial charge in [-0.15, -0.1) is 10.2 Å². The Kier molecular flexibility index (Phi) is 2.08. The van der Waals surface area contributed by atoms with Crippen molar-refractivity contribution in [3.8, 4) is 11.4 Å². The van der Waals surface area contributed by atoms with E-state index in [1.807, 2.05) is 24.6 Å². The van der Waals surface area contributed by atoms with Gasteiger partial charge in [0.2, 0.25) is 0 Å². The average Bonchev–Trinajstić information content (AvgIpc) is 2.48. The zero-order valence-electron chi connectivity index (χ0n) is 8.65. The van der Waals surface area contributed by atoms with Crippen LogP contribution in [0.25, 0.3) is 11.4 Å². The summed E-state index contributed by atoms with van der Waals surface area (Å²) in [5.41, 5.74) is 2.36. The first-order valence-corrected chi connectivity index (χ1v) is 4.61. The quantitative estimate of drug-likeness (QED) is 0.684. The number of nitrogens with zero attached hydrogens (tertiary/aromatic N) is 3. The summed E-state index contributed by atoms with van der Waals surface area (Å²) in [5, 5.41) is 8.17. The molecule has 0 aliphatic carbocycles. The maximum atomic E-state index is 4.14. The second kappa shape index (κ2) is 3.25. The van der Waals surface area contributed by atoms with Gasteiger partial charge in [-0.3, -0.25) is 0 Å². The molecule has 0 N–H and O–H groups in total. The summed E-state index contributed by atoms with van der Waals surface area (Å²) < 4.78 is 1.99. The van der Waals surface area contributed by atoms with E-state index in [0.29, 0.717) is 0 Å². The van der Waals surface area contributed by atoms with Gasteiger partial charge in [0.25, 0.3) is 0 Å². The van der Waals surface area contributed by atoms with Crippen LogP contribution in [0, 0.1) is 13.8 Å². The minimum Gasteiger partial charge on any atom is -0.314 e. The van der Waals surface area contributed by atoms with Gasteiger partial charge in [-0.05, 0) is 19.9 Å². The molecular formula is C11H13N3. The van der Waals surface area contributed by atoms with Crippen LogP contribution in [0.15, 0.2) is 24.3 Å². The Labute approximate surface area is 83.4 Å². The summed E-state index contributed by atoms with van der Waals surface area (Å²) in [6.07, 6.45) is 0. The first kappa shape index (κ1) is 8.94. The van der Waals surface area contributed by atoms with Crippen molar-refractivity contribution in [1.29, 1.82) is 0 Å². The summed E-state index contributed by atoms with van der Waals surface area (Å²) >= 11 is 0. The van der Waals surface area contributed by atoms with Crippen molar-refractivity contribution in [2.24, 2.45) is 7.05 Å². The molecule has 2 aromatic rings. The summed E-state index contributed by atoms with van der Waals surface area (Å²) in [5.74, 6) is 1.85. The molecule has 3 heteroatoms. The number of aryl methyl sites for hydroxylation is 2. The fourth-order valence-corrected chi connectivity index (χ4v) is 1.44. The molecule has 0 radical (unpaired) electrons. The van der Waals surface area contributed by atoms with Crippen molar-refractivity contribution in [1.82, 2.24) is 14.8 Å². The van der Waals surface area contributed by atoms with Crippen LogP contribution in [-0.2, 0) is 7.05 Å². The first-order valence-electron chi connectivity index (χ1n) is 4.61. The van der Waals surface area contributed by atoms with Crippen LogP contribution in [0.4, 0.5) is 0 Å². The second-order valence-corrected chi connectivity index (χ2v) is 3.50. The van der Waals surface area contributed by atoms with Crippen LogP contribution in [0.1, 0.15) is 11.4 Å². The van der Waals surface area contributed by atoms with Gasteiger partial charge in [-0.25, -0.2) is 0 Å². The molecule has 0 atom stereocenters. The van der Waals surface area contributed by atoms with E-state index in [4.69, 9.17) is 0 Å². The molecule has 0 spiro atoms. The number of hydrogen-bond acceptors (Lipinski definition) is 2. The van der Waals surface area contributed by atoms with E-state index in [9.17, 15) is 0 Å². The van der Waals surface area contributed by atoms with Gasteiger partial charge in [-0.1, -0.05) is 23.8 Å². The fourth-order valence-electron chi connectivity index (χ4n) is 1.44. The highest BCUT2D eigenvalue weighted by Gasteiger charge is 2.06. The first-order chi connectivity index (χ1) is 6.68. The molecule has 1 aromatic heterocycles. The molecule has 72 valence electrons. The number of benzene rings is 1. The molecule has 0 aliphatic rings. The molecule has 1 aromatic carbocycles. The van der Waals surface area contributed by atoms with Crippen molar-refractivity contribution >= 4 is 0 Å². The molecule has 0 saturated carbocycles. The van der Waals surface area contributed by atoms with E-state index >= 15 is 0 Å². The summed E-state index contributed by atoms with van der Waals surface area (Å²) in [4.78, 5) is 0. The number of hydrogen-bond donors (Lipinski definition) is 0. The Morgan fingerprint density at radius 3 is 2.50 bits per heavy atom. The predicted molar refractivity (Wildman–Crippen MR) is 55.9 cm³/mol. The third-order valence-corrected chi connectivity index (χ3v) is 2.37. The van der Waals surface area contributed by atoms with Crippen molar-refractivity contribution in [2.45, 2.75) is 13.8 Å². The van der Waals surface area contributed by atoms with Gasteiger partial charge >= 0.3 is 0 Å². The Hall–Kier alpha value is -1.64. The lowest BCUT2D eigenvalue weighted by atomic mass is 10.1. The van der Waals surface area contributed by atoms with Gasteiger partial charge in [0.1, 0.15) is 5.82 Å². The minimum atomic E-state index is 0.922. The summed E-state index contributed by atoms with van der Waals surface area (Å²) in [7, 11) is 1.98. The molecule has 0 unspecified atom stereocenters. The molecular weight excluding hydrogens is 174 g/mol. The number of rotatable bonds is 1. The Bertz CT molecular complexity index is 457. The molecule has 0 saturated heterocycles. The van der Waals surface area contributed by atoms with Gasteiger partial charge < -0.3 is 4.57 Å². The maximum absolute atomic E-state index is 4.14. The maximum Gasteiger partial charge on any atom is 0.163 e. The van der Waals surface area contributed by atoms with E-state index in [1.54, 1.807) is 0 Å². The Balaban J connectivity index is 2.55. The smallest absolute Gasteiger partial charge is 0.163 e. The highest BCUT2D eigenvalue weighted by molar-refractivity contribution is 5.56. The van der Waals surface area contributed by atoms with E-state index < -0.39 is 0 Å².